The number of rotatable bonds is 6. The lowest BCUT2D eigenvalue weighted by atomic mass is 10.2. The van der Waals surface area contributed by atoms with Gasteiger partial charge in [-0.1, -0.05) is 12.1 Å². The molecule has 3 aromatic rings. The molecule has 0 aliphatic heterocycles. The zero-order valence-corrected chi connectivity index (χ0v) is 12.6. The number of halogens is 1. The van der Waals surface area contributed by atoms with E-state index in [1.165, 1.54) is 0 Å². The van der Waals surface area contributed by atoms with Crippen LogP contribution in [0.4, 0.5) is 11.8 Å². The Balaban J connectivity index is 0.00000176. The van der Waals surface area contributed by atoms with Crippen molar-refractivity contribution in [1.82, 2.24) is 9.97 Å². The first-order chi connectivity index (χ1) is 10.4. The number of nitrogens with one attached hydrogen (secondary N) is 2. The molecule has 3 rings (SSSR count). The van der Waals surface area contributed by atoms with Crippen LogP contribution >= 0.6 is 12.4 Å². The summed E-state index contributed by atoms with van der Waals surface area (Å²) in [6, 6.07) is 11.5. The maximum atomic E-state index is 8.96. The molecule has 0 saturated carbocycles. The van der Waals surface area contributed by atoms with Crippen molar-refractivity contribution in [3.8, 4) is 0 Å². The van der Waals surface area contributed by atoms with E-state index in [9.17, 15) is 0 Å². The Morgan fingerprint density at radius 1 is 1.05 bits per heavy atom. The molecule has 0 bridgehead atoms. The van der Waals surface area contributed by atoms with Gasteiger partial charge in [-0.2, -0.15) is 4.98 Å². The van der Waals surface area contributed by atoms with Gasteiger partial charge in [0.1, 0.15) is 11.6 Å². The number of aliphatic hydroxyl groups excluding tert-OH is 1. The van der Waals surface area contributed by atoms with Gasteiger partial charge in [0.25, 0.3) is 0 Å². The van der Waals surface area contributed by atoms with Crippen molar-refractivity contribution in [3.63, 3.8) is 0 Å². The second kappa shape index (κ2) is 7.63. The molecule has 22 heavy (non-hydrogen) atoms. The number of furan rings is 1. The number of fused-ring (bicyclic) bond motifs is 1. The van der Waals surface area contributed by atoms with Crippen molar-refractivity contribution in [1.29, 1.82) is 0 Å². The molecule has 116 valence electrons. The Labute approximate surface area is 134 Å². The van der Waals surface area contributed by atoms with Crippen LogP contribution in [0.5, 0.6) is 0 Å². The van der Waals surface area contributed by atoms with Crippen molar-refractivity contribution in [2.24, 2.45) is 0 Å². The molecule has 6 nitrogen and oxygen atoms in total. The fraction of sp³-hybridized carbons (Fsp3) is 0.200. The predicted octanol–water partition coefficient (Wildman–Crippen LogP) is 2.66. The minimum Gasteiger partial charge on any atom is -0.467 e. The van der Waals surface area contributed by atoms with E-state index in [0.29, 0.717) is 24.9 Å². The molecule has 0 unspecified atom stereocenters. The topological polar surface area (TPSA) is 83.2 Å². The SMILES string of the molecule is Cl.OCCNc1nc(NCc2ccco2)nc2ccccc12. The van der Waals surface area contributed by atoms with Crippen molar-refractivity contribution in [3.05, 3.63) is 48.4 Å². The number of aliphatic hydroxyl groups is 1. The van der Waals surface area contributed by atoms with Crippen LogP contribution in [0.2, 0.25) is 0 Å². The van der Waals surface area contributed by atoms with Crippen LogP contribution in [0.15, 0.2) is 47.1 Å². The van der Waals surface area contributed by atoms with Gasteiger partial charge in [0.05, 0.1) is 24.9 Å². The third kappa shape index (κ3) is 3.66. The summed E-state index contributed by atoms with van der Waals surface area (Å²) in [6.45, 7) is 1.01. The second-order valence-electron chi connectivity index (χ2n) is 4.50. The molecule has 0 spiro atoms. The van der Waals surface area contributed by atoms with Crippen LogP contribution in [0.1, 0.15) is 5.76 Å². The van der Waals surface area contributed by atoms with Gasteiger partial charge in [-0.3, -0.25) is 0 Å². The lowest BCUT2D eigenvalue weighted by molar-refractivity contribution is 0.311. The molecule has 0 radical (unpaired) electrons. The van der Waals surface area contributed by atoms with Gasteiger partial charge in [0.15, 0.2) is 0 Å². The van der Waals surface area contributed by atoms with Crippen LogP contribution in [0.25, 0.3) is 10.9 Å². The van der Waals surface area contributed by atoms with E-state index < -0.39 is 0 Å². The summed E-state index contributed by atoms with van der Waals surface area (Å²) in [5, 5.41) is 16.1. The van der Waals surface area contributed by atoms with Gasteiger partial charge >= 0.3 is 0 Å². The maximum Gasteiger partial charge on any atom is 0.225 e. The molecule has 0 saturated heterocycles. The van der Waals surface area contributed by atoms with Gasteiger partial charge in [-0.05, 0) is 24.3 Å². The molecule has 0 aliphatic carbocycles. The average molecular weight is 321 g/mol. The first-order valence-corrected chi connectivity index (χ1v) is 6.74. The molecule has 0 aliphatic rings. The van der Waals surface area contributed by atoms with E-state index in [4.69, 9.17) is 9.52 Å². The van der Waals surface area contributed by atoms with Gasteiger partial charge in [0.2, 0.25) is 5.95 Å². The lowest BCUT2D eigenvalue weighted by Crippen LogP contribution is -2.10. The highest BCUT2D eigenvalue weighted by Gasteiger charge is 2.07. The summed E-state index contributed by atoms with van der Waals surface area (Å²) >= 11 is 0. The highest BCUT2D eigenvalue weighted by molar-refractivity contribution is 5.90. The van der Waals surface area contributed by atoms with Gasteiger partial charge in [0, 0.05) is 11.9 Å². The molecule has 2 heterocycles. The summed E-state index contributed by atoms with van der Waals surface area (Å²) in [5.41, 5.74) is 0.842. The van der Waals surface area contributed by atoms with E-state index in [1.807, 2.05) is 36.4 Å². The Morgan fingerprint density at radius 2 is 1.91 bits per heavy atom. The largest absolute Gasteiger partial charge is 0.467 e. The molecule has 0 amide bonds. The highest BCUT2D eigenvalue weighted by atomic mass is 35.5. The van der Waals surface area contributed by atoms with E-state index in [0.717, 1.165) is 16.7 Å². The van der Waals surface area contributed by atoms with Crippen molar-refractivity contribution >= 4 is 35.1 Å². The van der Waals surface area contributed by atoms with E-state index >= 15 is 0 Å². The van der Waals surface area contributed by atoms with Crippen LogP contribution in [-0.2, 0) is 6.54 Å². The van der Waals surface area contributed by atoms with E-state index in [1.54, 1.807) is 6.26 Å². The fourth-order valence-electron chi connectivity index (χ4n) is 2.04. The van der Waals surface area contributed by atoms with Gasteiger partial charge in [-0.25, -0.2) is 4.98 Å². The summed E-state index contributed by atoms with van der Waals surface area (Å²) in [4.78, 5) is 8.93. The monoisotopic (exact) mass is 320 g/mol. The quantitative estimate of drug-likeness (QED) is 0.647. The normalized spacial score (nSPS) is 10.2. The van der Waals surface area contributed by atoms with Crippen LogP contribution in [-0.4, -0.2) is 28.2 Å². The Hall–Kier alpha value is -2.31. The van der Waals surface area contributed by atoms with Gasteiger partial charge < -0.3 is 20.2 Å². The Kier molecular flexibility index (Phi) is 5.57. The maximum absolute atomic E-state index is 8.96. The van der Waals surface area contributed by atoms with E-state index in [2.05, 4.69) is 20.6 Å². The summed E-state index contributed by atoms with van der Waals surface area (Å²) in [6.07, 6.45) is 1.63. The number of anilines is 2. The number of hydrogen-bond acceptors (Lipinski definition) is 6. The third-order valence-corrected chi connectivity index (χ3v) is 3.01. The lowest BCUT2D eigenvalue weighted by Gasteiger charge is -2.10. The summed E-state index contributed by atoms with van der Waals surface area (Å²) < 4.78 is 5.27. The van der Waals surface area contributed by atoms with Gasteiger partial charge in [-0.15, -0.1) is 12.4 Å². The minimum absolute atomic E-state index is 0. The standard InChI is InChI=1S/C15H16N4O2.ClH/c20-8-7-16-14-12-5-1-2-6-13(12)18-15(19-14)17-10-11-4-3-9-21-11;/h1-6,9,20H,7-8,10H2,(H2,16,17,18,19);1H. The first-order valence-electron chi connectivity index (χ1n) is 6.74. The molecule has 3 N–H and O–H groups in total. The molecule has 0 atom stereocenters. The second-order valence-corrected chi connectivity index (χ2v) is 4.50. The minimum atomic E-state index is 0. The number of benzene rings is 1. The van der Waals surface area contributed by atoms with Crippen molar-refractivity contribution in [2.45, 2.75) is 6.54 Å². The number of nitrogens with zero attached hydrogens (tertiary/aromatic N) is 2. The molecule has 7 heteroatoms. The number of aromatic nitrogens is 2. The Morgan fingerprint density at radius 3 is 2.68 bits per heavy atom. The molecule has 1 aromatic carbocycles. The zero-order chi connectivity index (χ0) is 14.5. The third-order valence-electron chi connectivity index (χ3n) is 3.01. The fourth-order valence-corrected chi connectivity index (χ4v) is 2.04. The molecular weight excluding hydrogens is 304 g/mol. The van der Waals surface area contributed by atoms with Crippen LogP contribution in [0.3, 0.4) is 0 Å². The predicted molar refractivity (Wildman–Crippen MR) is 88.4 cm³/mol. The first kappa shape index (κ1) is 16.1. The van der Waals surface area contributed by atoms with Crippen LogP contribution in [0, 0.1) is 0 Å². The highest BCUT2D eigenvalue weighted by Crippen LogP contribution is 2.21. The zero-order valence-electron chi connectivity index (χ0n) is 11.8. The summed E-state index contributed by atoms with van der Waals surface area (Å²) in [7, 11) is 0. The molecule has 2 aromatic heterocycles. The Bertz CT molecular complexity index is 719. The number of para-hydroxylation sites is 1. The molecular formula is C15H17ClN4O2. The summed E-state index contributed by atoms with van der Waals surface area (Å²) in [5.74, 6) is 2.04. The number of hydrogen-bond donors (Lipinski definition) is 3. The van der Waals surface area contributed by atoms with Crippen LogP contribution < -0.4 is 10.6 Å². The van der Waals surface area contributed by atoms with Crippen molar-refractivity contribution in [2.75, 3.05) is 23.8 Å². The molecule has 0 fully saturated rings. The van der Waals surface area contributed by atoms with E-state index in [-0.39, 0.29) is 19.0 Å². The van der Waals surface area contributed by atoms with Crippen molar-refractivity contribution < 1.29 is 9.52 Å². The average Bonchev–Trinajstić information content (AvgIpc) is 3.04. The smallest absolute Gasteiger partial charge is 0.225 e.